The largest absolute Gasteiger partial charge is 0.394 e. The van der Waals surface area contributed by atoms with Crippen molar-refractivity contribution in [3.8, 4) is 11.3 Å². The molecule has 2 fully saturated rings. The van der Waals surface area contributed by atoms with Crippen molar-refractivity contribution in [3.63, 3.8) is 0 Å². The quantitative estimate of drug-likeness (QED) is 0.518. The molecule has 4 atom stereocenters. The van der Waals surface area contributed by atoms with Gasteiger partial charge in [0.1, 0.15) is 20.1 Å². The third kappa shape index (κ3) is 1.66. The van der Waals surface area contributed by atoms with E-state index < -0.39 is 29.6 Å². The third-order valence-electron chi connectivity index (χ3n) is 2.75. The molecule has 2 unspecified atom stereocenters. The van der Waals surface area contributed by atoms with Crippen LogP contribution in [0.4, 0.5) is 0 Å². The minimum atomic E-state index is -1.10. The van der Waals surface area contributed by atoms with Gasteiger partial charge in [0.25, 0.3) is 0 Å². The van der Waals surface area contributed by atoms with Crippen LogP contribution in [0.15, 0.2) is 0 Å². The predicted octanol–water partition coefficient (Wildman–Crippen LogP) is -0.0379. The van der Waals surface area contributed by atoms with Crippen LogP contribution in [0.3, 0.4) is 0 Å². The van der Waals surface area contributed by atoms with E-state index in [0.717, 1.165) is 0 Å². The molecule has 2 heterocycles. The van der Waals surface area contributed by atoms with Crippen LogP contribution in [0.1, 0.15) is 13.8 Å². The van der Waals surface area contributed by atoms with Crippen molar-refractivity contribution in [1.82, 2.24) is 0 Å². The number of ether oxygens (including phenoxy) is 3. The average Bonchev–Trinajstić information content (AvgIpc) is 2.58. The van der Waals surface area contributed by atoms with Gasteiger partial charge >= 0.3 is 0 Å². The number of aliphatic hydroxyl groups is 1. The Morgan fingerprint density at radius 2 is 2.19 bits per heavy atom. The summed E-state index contributed by atoms with van der Waals surface area (Å²) in [7, 11) is 5.83. The Kier molecular flexibility index (Phi) is 2.98. The highest BCUT2D eigenvalue weighted by Crippen LogP contribution is 2.45. The van der Waals surface area contributed by atoms with Crippen LogP contribution in [-0.4, -0.2) is 49.2 Å². The molecule has 0 saturated carbocycles. The normalized spacial score (nSPS) is 44.9. The van der Waals surface area contributed by atoms with E-state index in [0.29, 0.717) is 0 Å². The van der Waals surface area contributed by atoms with Crippen molar-refractivity contribution in [2.45, 2.75) is 43.4 Å². The van der Waals surface area contributed by atoms with E-state index in [1.54, 1.807) is 13.8 Å². The second-order valence-electron chi connectivity index (χ2n) is 4.33. The van der Waals surface area contributed by atoms with Gasteiger partial charge in [0.05, 0.1) is 12.6 Å². The van der Waals surface area contributed by atoms with E-state index in [9.17, 15) is 5.11 Å². The molecule has 2 rings (SSSR count). The lowest BCUT2D eigenvalue weighted by Gasteiger charge is -2.26. The molecule has 6 heteroatoms. The van der Waals surface area contributed by atoms with Gasteiger partial charge in [0.2, 0.25) is 0 Å². The second-order valence-corrected chi connectivity index (χ2v) is 4.52. The van der Waals surface area contributed by atoms with E-state index in [-0.39, 0.29) is 6.61 Å². The summed E-state index contributed by atoms with van der Waals surface area (Å²) in [4.78, 5) is 0. The number of rotatable bonds is 1. The molecule has 4 nitrogen and oxygen atoms in total. The standard InChI is InChI=1S/C10H12BClO4/c1-9(2)15-7-6(5-13)14-8(11)10(7,16-9)3-4-12/h6-8,13H,5H2,1-2H3/t6-,7?,8-,10?/m1/s1. The smallest absolute Gasteiger partial charge is 0.179 e. The molecule has 0 aromatic carbocycles. The number of hydrogen-bond donors (Lipinski definition) is 1. The molecule has 0 aromatic rings. The van der Waals surface area contributed by atoms with Gasteiger partial charge in [-0.05, 0) is 31.4 Å². The van der Waals surface area contributed by atoms with Gasteiger partial charge in [-0.2, -0.15) is 0 Å². The van der Waals surface area contributed by atoms with E-state index in [4.69, 9.17) is 33.7 Å². The number of aliphatic hydroxyl groups excluding tert-OH is 1. The Labute approximate surface area is 101 Å². The highest BCUT2D eigenvalue weighted by Gasteiger charge is 2.63. The van der Waals surface area contributed by atoms with Gasteiger partial charge in [-0.3, -0.25) is 0 Å². The van der Waals surface area contributed by atoms with Crippen LogP contribution < -0.4 is 0 Å². The molecule has 2 saturated heterocycles. The number of hydrogen-bond acceptors (Lipinski definition) is 4. The molecule has 0 spiro atoms. The van der Waals surface area contributed by atoms with E-state index in [2.05, 4.69) is 11.3 Å². The van der Waals surface area contributed by atoms with Gasteiger partial charge < -0.3 is 19.3 Å². The lowest BCUT2D eigenvalue weighted by Crippen LogP contribution is -2.46. The average molecular weight is 242 g/mol. The minimum absolute atomic E-state index is 0.205. The fourth-order valence-corrected chi connectivity index (χ4v) is 2.34. The number of fused-ring (bicyclic) bond motifs is 1. The molecule has 1 N–H and O–H groups in total. The molecule has 0 bridgehead atoms. The van der Waals surface area contributed by atoms with Crippen LogP contribution >= 0.6 is 11.6 Å². The predicted molar refractivity (Wildman–Crippen MR) is 57.9 cm³/mol. The molecular weight excluding hydrogens is 230 g/mol. The Morgan fingerprint density at radius 3 is 2.75 bits per heavy atom. The van der Waals surface area contributed by atoms with Gasteiger partial charge in [-0.1, -0.05) is 0 Å². The monoisotopic (exact) mass is 242 g/mol. The lowest BCUT2D eigenvalue weighted by molar-refractivity contribution is -0.189. The maximum Gasteiger partial charge on any atom is 0.179 e. The van der Waals surface area contributed by atoms with Gasteiger partial charge in [-0.25, -0.2) is 0 Å². The van der Waals surface area contributed by atoms with Crippen LogP contribution in [0.25, 0.3) is 0 Å². The molecule has 0 aromatic heterocycles. The number of halogens is 1. The second kappa shape index (κ2) is 3.90. The zero-order valence-corrected chi connectivity index (χ0v) is 9.82. The third-order valence-corrected chi connectivity index (χ3v) is 2.85. The zero-order chi connectivity index (χ0) is 12.0. The Morgan fingerprint density at radius 1 is 1.50 bits per heavy atom. The first-order valence-corrected chi connectivity index (χ1v) is 5.35. The maximum absolute atomic E-state index is 9.19. The topological polar surface area (TPSA) is 47.9 Å². The molecule has 0 amide bonds. The van der Waals surface area contributed by atoms with Crippen LogP contribution in [0.5, 0.6) is 0 Å². The summed E-state index contributed by atoms with van der Waals surface area (Å²) < 4.78 is 16.7. The van der Waals surface area contributed by atoms with Crippen molar-refractivity contribution < 1.29 is 19.3 Å². The van der Waals surface area contributed by atoms with Crippen molar-refractivity contribution in [1.29, 1.82) is 0 Å². The van der Waals surface area contributed by atoms with Crippen molar-refractivity contribution >= 4 is 19.4 Å². The van der Waals surface area contributed by atoms with Crippen molar-refractivity contribution in [2.24, 2.45) is 0 Å². The zero-order valence-electron chi connectivity index (χ0n) is 9.07. The Bertz CT molecular complexity index is 350. The van der Waals surface area contributed by atoms with Gasteiger partial charge in [0.15, 0.2) is 11.4 Å². The summed E-state index contributed by atoms with van der Waals surface area (Å²) in [5.41, 5.74) is -1.10. The first kappa shape index (κ1) is 12.2. The van der Waals surface area contributed by atoms with Gasteiger partial charge in [-0.15, -0.1) is 0 Å². The summed E-state index contributed by atoms with van der Waals surface area (Å²) in [6, 6.07) is -0.789. The summed E-state index contributed by atoms with van der Waals surface area (Å²) >= 11 is 5.42. The van der Waals surface area contributed by atoms with Crippen molar-refractivity contribution in [2.75, 3.05) is 6.61 Å². The van der Waals surface area contributed by atoms with E-state index in [1.165, 1.54) is 0 Å². The Balaban J connectivity index is 2.38. The van der Waals surface area contributed by atoms with E-state index in [1.807, 2.05) is 0 Å². The summed E-state index contributed by atoms with van der Waals surface area (Å²) in [5, 5.41) is 11.4. The lowest BCUT2D eigenvalue weighted by atomic mass is 9.81. The van der Waals surface area contributed by atoms with Crippen LogP contribution in [0.2, 0.25) is 0 Å². The summed E-state index contributed by atoms with van der Waals surface area (Å²) in [5.74, 6) is 1.88. The summed E-state index contributed by atoms with van der Waals surface area (Å²) in [6.07, 6.45) is -1.08. The molecule has 2 aliphatic rings. The SMILES string of the molecule is [B][C@@H]1O[C@H](CO)C2OC(C)(C)OC21C#CCl. The fourth-order valence-electron chi connectivity index (χ4n) is 2.20. The molecular formula is C10H12BClO4. The van der Waals surface area contributed by atoms with Gasteiger partial charge in [0, 0.05) is 5.38 Å². The summed E-state index contributed by atoms with van der Waals surface area (Å²) in [6.45, 7) is 3.30. The van der Waals surface area contributed by atoms with E-state index >= 15 is 0 Å². The molecule has 2 radical (unpaired) electrons. The molecule has 2 aliphatic heterocycles. The highest BCUT2D eigenvalue weighted by atomic mass is 35.5. The van der Waals surface area contributed by atoms with Crippen LogP contribution in [-0.2, 0) is 14.2 Å². The maximum atomic E-state index is 9.19. The van der Waals surface area contributed by atoms with Crippen molar-refractivity contribution in [3.05, 3.63) is 0 Å². The minimum Gasteiger partial charge on any atom is -0.394 e. The molecule has 16 heavy (non-hydrogen) atoms. The highest BCUT2D eigenvalue weighted by molar-refractivity contribution is 6.30. The first-order valence-electron chi connectivity index (χ1n) is 4.98. The first-order chi connectivity index (χ1) is 7.45. The van der Waals surface area contributed by atoms with Crippen LogP contribution in [0, 0.1) is 11.3 Å². The fraction of sp³-hybridized carbons (Fsp3) is 0.800. The Hall–Kier alpha value is -0.245. The molecule has 0 aliphatic carbocycles. The molecule has 86 valence electrons.